The largest absolute Gasteiger partial charge is 0.336 e. The van der Waals surface area contributed by atoms with Crippen LogP contribution >= 0.6 is 0 Å². The molecule has 0 saturated carbocycles. The van der Waals surface area contributed by atoms with Crippen LogP contribution < -0.4 is 17.1 Å². The van der Waals surface area contributed by atoms with Gasteiger partial charge in [0, 0.05) is 6.54 Å². The predicted octanol–water partition coefficient (Wildman–Crippen LogP) is 0.344. The Morgan fingerprint density at radius 2 is 1.32 bits per heavy atom. The van der Waals surface area contributed by atoms with E-state index in [-0.39, 0.29) is 13.1 Å². The zero-order valence-electron chi connectivity index (χ0n) is 11.2. The maximum absolute atomic E-state index is 12.1. The summed E-state index contributed by atoms with van der Waals surface area (Å²) in [7, 11) is 0. The van der Waals surface area contributed by atoms with E-state index >= 15 is 0 Å². The van der Waals surface area contributed by atoms with Crippen LogP contribution in [-0.4, -0.2) is 13.7 Å². The zero-order valence-corrected chi connectivity index (χ0v) is 11.2. The molecule has 1 aromatic rings. The summed E-state index contributed by atoms with van der Waals surface area (Å²) in [5.74, 6) is 0. The van der Waals surface area contributed by atoms with Crippen LogP contribution in [0.15, 0.2) is 39.7 Å². The molecule has 0 fully saturated rings. The minimum absolute atomic E-state index is 0.0845. The van der Waals surface area contributed by atoms with Crippen molar-refractivity contribution in [3.05, 3.63) is 56.8 Å². The number of nitrogens with zero attached hydrogens (tertiary/aromatic N) is 3. The standard InChI is InChI=1S/C13H19N3O3/c1-4-7-10-16-12(18)14(8-5-2)11(17)15(9-6-3)13(16)19/h5-6H,2-4,7-10H2,1H3. The van der Waals surface area contributed by atoms with Crippen molar-refractivity contribution in [1.82, 2.24) is 13.7 Å². The molecule has 0 aliphatic rings. The first-order valence-electron chi connectivity index (χ1n) is 6.24. The lowest BCUT2D eigenvalue weighted by Gasteiger charge is -2.11. The lowest BCUT2D eigenvalue weighted by molar-refractivity contribution is 0.467. The molecule has 0 N–H and O–H groups in total. The molecular weight excluding hydrogens is 246 g/mol. The van der Waals surface area contributed by atoms with E-state index in [1.165, 1.54) is 12.2 Å². The van der Waals surface area contributed by atoms with Gasteiger partial charge in [-0.15, -0.1) is 13.2 Å². The molecule has 0 aromatic carbocycles. The van der Waals surface area contributed by atoms with Gasteiger partial charge in [0.2, 0.25) is 0 Å². The maximum Gasteiger partial charge on any atom is 0.336 e. The summed E-state index contributed by atoms with van der Waals surface area (Å²) in [6.07, 6.45) is 4.47. The topological polar surface area (TPSA) is 66.0 Å². The molecule has 6 nitrogen and oxygen atoms in total. The number of hydrogen-bond acceptors (Lipinski definition) is 3. The number of allylic oxidation sites excluding steroid dienone is 2. The van der Waals surface area contributed by atoms with Crippen LogP contribution in [0.25, 0.3) is 0 Å². The molecule has 0 spiro atoms. The molecule has 6 heteroatoms. The first-order chi connectivity index (χ1) is 9.08. The van der Waals surface area contributed by atoms with Crippen LogP contribution in [0.3, 0.4) is 0 Å². The minimum Gasteiger partial charge on any atom is -0.247 e. The highest BCUT2D eigenvalue weighted by molar-refractivity contribution is 4.84. The quantitative estimate of drug-likeness (QED) is 0.668. The van der Waals surface area contributed by atoms with Gasteiger partial charge >= 0.3 is 17.1 Å². The SMILES string of the molecule is C=CCn1c(=O)n(CC=C)c(=O)n(CCCC)c1=O. The van der Waals surface area contributed by atoms with Crippen molar-refractivity contribution in [3.63, 3.8) is 0 Å². The summed E-state index contributed by atoms with van der Waals surface area (Å²) in [6.45, 7) is 9.47. The van der Waals surface area contributed by atoms with Gasteiger partial charge in [0.1, 0.15) is 0 Å². The summed E-state index contributed by atoms with van der Waals surface area (Å²) in [5.41, 5.74) is -1.78. The second kappa shape index (κ2) is 6.72. The Morgan fingerprint density at radius 1 is 0.895 bits per heavy atom. The van der Waals surface area contributed by atoms with E-state index in [0.29, 0.717) is 13.0 Å². The van der Waals surface area contributed by atoms with Gasteiger partial charge in [0.25, 0.3) is 0 Å². The molecule has 104 valence electrons. The van der Waals surface area contributed by atoms with Gasteiger partial charge in [-0.05, 0) is 6.42 Å². The first kappa shape index (κ1) is 14.9. The maximum atomic E-state index is 12.1. The third kappa shape index (κ3) is 3.01. The van der Waals surface area contributed by atoms with Gasteiger partial charge in [-0.2, -0.15) is 0 Å². The normalized spacial score (nSPS) is 10.4. The Kier molecular flexibility index (Phi) is 5.29. The van der Waals surface area contributed by atoms with Gasteiger partial charge < -0.3 is 0 Å². The third-order valence-corrected chi connectivity index (χ3v) is 2.74. The van der Waals surface area contributed by atoms with E-state index in [1.54, 1.807) is 0 Å². The molecule has 0 amide bonds. The molecule has 1 rings (SSSR count). The fraction of sp³-hybridized carbons (Fsp3) is 0.462. The van der Waals surface area contributed by atoms with Crippen molar-refractivity contribution in [2.45, 2.75) is 39.4 Å². The van der Waals surface area contributed by atoms with E-state index in [2.05, 4.69) is 13.2 Å². The average molecular weight is 265 g/mol. The lowest BCUT2D eigenvalue weighted by Crippen LogP contribution is -2.54. The van der Waals surface area contributed by atoms with E-state index in [4.69, 9.17) is 0 Å². The third-order valence-electron chi connectivity index (χ3n) is 2.74. The molecule has 0 unspecified atom stereocenters. The molecule has 0 aliphatic heterocycles. The molecule has 1 aromatic heterocycles. The monoisotopic (exact) mass is 265 g/mol. The summed E-state index contributed by atoms with van der Waals surface area (Å²) in [5, 5.41) is 0. The number of rotatable bonds is 7. The Balaban J connectivity index is 3.58. The summed E-state index contributed by atoms with van der Waals surface area (Å²) >= 11 is 0. The molecule has 1 heterocycles. The van der Waals surface area contributed by atoms with Gasteiger partial charge in [-0.3, -0.25) is 0 Å². The Morgan fingerprint density at radius 3 is 1.68 bits per heavy atom. The highest BCUT2D eigenvalue weighted by Gasteiger charge is 2.13. The van der Waals surface area contributed by atoms with Gasteiger partial charge in [-0.1, -0.05) is 25.5 Å². The van der Waals surface area contributed by atoms with Crippen LogP contribution in [-0.2, 0) is 19.6 Å². The van der Waals surface area contributed by atoms with E-state index in [1.807, 2.05) is 6.92 Å². The molecule has 19 heavy (non-hydrogen) atoms. The van der Waals surface area contributed by atoms with Crippen molar-refractivity contribution in [3.8, 4) is 0 Å². The van der Waals surface area contributed by atoms with Gasteiger partial charge in [-0.25, -0.2) is 28.1 Å². The fourth-order valence-corrected chi connectivity index (χ4v) is 1.76. The molecule has 0 atom stereocenters. The summed E-state index contributed by atoms with van der Waals surface area (Å²) < 4.78 is 3.11. The average Bonchev–Trinajstić information content (AvgIpc) is 2.40. The van der Waals surface area contributed by atoms with Crippen molar-refractivity contribution < 1.29 is 0 Å². The Bertz CT molecular complexity index is 586. The van der Waals surface area contributed by atoms with Crippen LogP contribution in [0.4, 0.5) is 0 Å². The van der Waals surface area contributed by atoms with Crippen molar-refractivity contribution in [2.75, 3.05) is 0 Å². The van der Waals surface area contributed by atoms with Crippen LogP contribution in [0.2, 0.25) is 0 Å². The van der Waals surface area contributed by atoms with E-state index < -0.39 is 17.1 Å². The van der Waals surface area contributed by atoms with E-state index in [0.717, 1.165) is 20.1 Å². The van der Waals surface area contributed by atoms with Crippen LogP contribution in [0.5, 0.6) is 0 Å². The van der Waals surface area contributed by atoms with E-state index in [9.17, 15) is 14.4 Å². The second-order valence-corrected chi connectivity index (χ2v) is 4.15. The number of unbranched alkanes of at least 4 members (excludes halogenated alkanes) is 1. The molecule has 0 bridgehead atoms. The highest BCUT2D eigenvalue weighted by Crippen LogP contribution is 1.88. The number of hydrogen-bond donors (Lipinski definition) is 0. The smallest absolute Gasteiger partial charge is 0.247 e. The van der Waals surface area contributed by atoms with Crippen molar-refractivity contribution >= 4 is 0 Å². The van der Waals surface area contributed by atoms with Crippen LogP contribution in [0.1, 0.15) is 19.8 Å². The Hall–Kier alpha value is -2.11. The lowest BCUT2D eigenvalue weighted by atomic mass is 10.3. The van der Waals surface area contributed by atoms with Gasteiger partial charge in [0.15, 0.2) is 0 Å². The van der Waals surface area contributed by atoms with Crippen molar-refractivity contribution in [2.24, 2.45) is 0 Å². The molecule has 0 radical (unpaired) electrons. The molecule has 0 aliphatic carbocycles. The highest BCUT2D eigenvalue weighted by atomic mass is 16.2. The van der Waals surface area contributed by atoms with Crippen LogP contribution in [0, 0.1) is 0 Å². The van der Waals surface area contributed by atoms with Gasteiger partial charge in [0.05, 0.1) is 13.1 Å². The van der Waals surface area contributed by atoms with Crippen molar-refractivity contribution in [1.29, 1.82) is 0 Å². The minimum atomic E-state index is -0.623. The Labute approximate surface area is 110 Å². The second-order valence-electron chi connectivity index (χ2n) is 4.15. The fourth-order valence-electron chi connectivity index (χ4n) is 1.76. The molecular formula is C13H19N3O3. The zero-order chi connectivity index (χ0) is 14.4. The molecule has 0 saturated heterocycles. The summed E-state index contributed by atoms with van der Waals surface area (Å²) in [6, 6.07) is 0. The summed E-state index contributed by atoms with van der Waals surface area (Å²) in [4.78, 5) is 36.2. The number of aromatic nitrogens is 3. The predicted molar refractivity (Wildman–Crippen MR) is 74.5 cm³/mol. The first-order valence-corrected chi connectivity index (χ1v) is 6.24.